The number of aromatic nitrogens is 2. The molecule has 1 aromatic heterocycles. The zero-order valence-electron chi connectivity index (χ0n) is 14.0. The van der Waals surface area contributed by atoms with Gasteiger partial charge in [-0.2, -0.15) is 0 Å². The van der Waals surface area contributed by atoms with Gasteiger partial charge in [-0.05, 0) is 18.4 Å². The van der Waals surface area contributed by atoms with Crippen LogP contribution in [0.15, 0.2) is 47.5 Å². The van der Waals surface area contributed by atoms with Crippen molar-refractivity contribution in [2.24, 2.45) is 5.41 Å². The maximum absolute atomic E-state index is 12.7. The molecule has 1 saturated heterocycles. The van der Waals surface area contributed by atoms with Gasteiger partial charge in [-0.25, -0.2) is 4.98 Å². The molecule has 3 rings (SSSR count). The van der Waals surface area contributed by atoms with Crippen molar-refractivity contribution < 1.29 is 19.8 Å². The van der Waals surface area contributed by atoms with Gasteiger partial charge >= 0.3 is 5.97 Å². The molecule has 3 N–H and O–H groups in total. The molecule has 1 aromatic carbocycles. The summed E-state index contributed by atoms with van der Waals surface area (Å²) in [6, 6.07) is 8.95. The molecule has 1 amide bonds. The monoisotopic (exact) mass is 357 g/mol. The number of benzene rings is 1. The number of H-pyrrole nitrogens is 1. The van der Waals surface area contributed by atoms with Crippen molar-refractivity contribution in [3.05, 3.63) is 64.3 Å². The third-order valence-corrected chi connectivity index (χ3v) is 4.77. The molecule has 2 atom stereocenters. The zero-order valence-corrected chi connectivity index (χ0v) is 14.0. The van der Waals surface area contributed by atoms with Gasteiger partial charge in [0.15, 0.2) is 5.69 Å². The minimum Gasteiger partial charge on any atom is -0.481 e. The van der Waals surface area contributed by atoms with Crippen LogP contribution >= 0.6 is 0 Å². The summed E-state index contributed by atoms with van der Waals surface area (Å²) in [4.78, 5) is 44.0. The molecule has 1 fully saturated rings. The summed E-state index contributed by atoms with van der Waals surface area (Å²) in [6.07, 6.45) is 1.69. The molecule has 2 aromatic rings. The van der Waals surface area contributed by atoms with Gasteiger partial charge in [0.1, 0.15) is 5.41 Å². The maximum atomic E-state index is 12.7. The standard InChI is InChI=1S/C18H19N3O5/c22-13-6-9-21(16(24)14-15(23)20-8-7-19-14)11-18(13,17(25)26)10-12-4-2-1-3-5-12/h1-5,7-8,13,22H,6,9-11H2,(H,20,23)(H,25,26)/t13-,18-/m1/s1. The normalized spacial score (nSPS) is 22.8. The van der Waals surface area contributed by atoms with E-state index in [1.165, 1.54) is 17.3 Å². The number of nitrogens with one attached hydrogen (secondary N) is 1. The summed E-state index contributed by atoms with van der Waals surface area (Å²) in [5, 5.41) is 20.3. The number of aliphatic hydroxyl groups is 1. The molecule has 1 aliphatic rings. The van der Waals surface area contributed by atoms with Crippen molar-refractivity contribution >= 4 is 11.9 Å². The minimum absolute atomic E-state index is 0.0761. The van der Waals surface area contributed by atoms with Crippen molar-refractivity contribution in [3.63, 3.8) is 0 Å². The Balaban J connectivity index is 1.92. The van der Waals surface area contributed by atoms with Crippen LogP contribution in [0.4, 0.5) is 0 Å². The van der Waals surface area contributed by atoms with E-state index in [0.29, 0.717) is 0 Å². The summed E-state index contributed by atoms with van der Waals surface area (Å²) in [7, 11) is 0. The van der Waals surface area contributed by atoms with Crippen LogP contribution in [0.25, 0.3) is 0 Å². The van der Waals surface area contributed by atoms with Crippen molar-refractivity contribution in [3.8, 4) is 0 Å². The number of carboxylic acid groups (broad SMARTS) is 1. The van der Waals surface area contributed by atoms with Gasteiger partial charge < -0.3 is 20.1 Å². The number of rotatable bonds is 4. The molecule has 2 heterocycles. The molecule has 26 heavy (non-hydrogen) atoms. The summed E-state index contributed by atoms with van der Waals surface area (Å²) >= 11 is 0. The predicted molar refractivity (Wildman–Crippen MR) is 91.6 cm³/mol. The molecule has 0 spiro atoms. The van der Waals surface area contributed by atoms with E-state index in [4.69, 9.17) is 0 Å². The van der Waals surface area contributed by atoms with E-state index in [1.807, 2.05) is 6.07 Å². The molecule has 0 radical (unpaired) electrons. The Morgan fingerprint density at radius 3 is 2.69 bits per heavy atom. The first-order chi connectivity index (χ1) is 12.4. The van der Waals surface area contributed by atoms with E-state index < -0.39 is 29.0 Å². The molecule has 0 saturated carbocycles. The number of carbonyl (C=O) groups excluding carboxylic acids is 1. The first-order valence-electron chi connectivity index (χ1n) is 8.22. The fourth-order valence-electron chi connectivity index (χ4n) is 3.33. The molecular formula is C18H19N3O5. The Bertz CT molecular complexity index is 866. The van der Waals surface area contributed by atoms with Crippen molar-refractivity contribution in [1.82, 2.24) is 14.9 Å². The molecule has 0 bridgehead atoms. The SMILES string of the molecule is O=C(c1ncc[nH]c1=O)N1CC[C@@H](O)[C@](Cc2ccccc2)(C(=O)O)C1. The van der Waals surface area contributed by atoms with Gasteiger partial charge in [-0.1, -0.05) is 30.3 Å². The third kappa shape index (κ3) is 3.23. The number of carbonyl (C=O) groups is 2. The summed E-state index contributed by atoms with van der Waals surface area (Å²) < 4.78 is 0. The maximum Gasteiger partial charge on any atom is 0.314 e. The fourth-order valence-corrected chi connectivity index (χ4v) is 3.33. The number of hydrogen-bond donors (Lipinski definition) is 3. The molecule has 8 heteroatoms. The number of likely N-dealkylation sites (tertiary alicyclic amines) is 1. The van der Waals surface area contributed by atoms with Crippen LogP contribution in [0.3, 0.4) is 0 Å². The van der Waals surface area contributed by atoms with Gasteiger partial charge in [-0.15, -0.1) is 0 Å². The van der Waals surface area contributed by atoms with Crippen molar-refractivity contribution in [1.29, 1.82) is 0 Å². The molecular weight excluding hydrogens is 338 g/mol. The lowest BCUT2D eigenvalue weighted by Gasteiger charge is -2.43. The van der Waals surface area contributed by atoms with Gasteiger partial charge in [0.2, 0.25) is 0 Å². The topological polar surface area (TPSA) is 124 Å². The summed E-state index contributed by atoms with van der Waals surface area (Å²) in [5.74, 6) is -1.82. The molecule has 8 nitrogen and oxygen atoms in total. The van der Waals surface area contributed by atoms with Crippen molar-refractivity contribution in [2.45, 2.75) is 18.9 Å². The Morgan fingerprint density at radius 1 is 1.31 bits per heavy atom. The summed E-state index contributed by atoms with van der Waals surface area (Å²) in [6.45, 7) is -0.0485. The first-order valence-corrected chi connectivity index (χ1v) is 8.22. The molecule has 1 aliphatic heterocycles. The molecule has 136 valence electrons. The van der Waals surface area contributed by atoms with Gasteiger partial charge in [0.05, 0.1) is 6.10 Å². The van der Waals surface area contributed by atoms with E-state index in [2.05, 4.69) is 9.97 Å². The van der Waals surface area contributed by atoms with E-state index in [-0.39, 0.29) is 31.6 Å². The second-order valence-corrected chi connectivity index (χ2v) is 6.42. The van der Waals surface area contributed by atoms with Crippen LogP contribution in [-0.2, 0) is 11.2 Å². The molecule has 0 aliphatic carbocycles. The highest BCUT2D eigenvalue weighted by Crippen LogP contribution is 2.35. The smallest absolute Gasteiger partial charge is 0.314 e. The van der Waals surface area contributed by atoms with Gasteiger partial charge in [0, 0.05) is 25.5 Å². The van der Waals surface area contributed by atoms with Crippen molar-refractivity contribution in [2.75, 3.05) is 13.1 Å². The number of aliphatic hydroxyl groups excluding tert-OH is 1. The average molecular weight is 357 g/mol. The third-order valence-electron chi connectivity index (χ3n) is 4.77. The number of piperidine rings is 1. The number of carboxylic acids is 1. The lowest BCUT2D eigenvalue weighted by atomic mass is 9.72. The second kappa shape index (κ2) is 7.09. The fraction of sp³-hybridized carbons (Fsp3) is 0.333. The quantitative estimate of drug-likeness (QED) is 0.723. The largest absolute Gasteiger partial charge is 0.481 e. The second-order valence-electron chi connectivity index (χ2n) is 6.42. The number of amides is 1. The first kappa shape index (κ1) is 17.8. The Labute approximate surface area is 149 Å². The Hall–Kier alpha value is -3.00. The Morgan fingerprint density at radius 2 is 2.04 bits per heavy atom. The van der Waals surface area contributed by atoms with Gasteiger partial charge in [-0.3, -0.25) is 14.4 Å². The highest BCUT2D eigenvalue weighted by atomic mass is 16.4. The Kier molecular flexibility index (Phi) is 4.85. The minimum atomic E-state index is -1.54. The van der Waals surface area contributed by atoms with Crippen LogP contribution in [0.1, 0.15) is 22.5 Å². The van der Waals surface area contributed by atoms with Crippen LogP contribution in [0.5, 0.6) is 0 Å². The number of hydrogen-bond acceptors (Lipinski definition) is 5. The highest BCUT2D eigenvalue weighted by Gasteiger charge is 2.50. The van der Waals surface area contributed by atoms with E-state index in [1.54, 1.807) is 24.3 Å². The average Bonchev–Trinajstić information content (AvgIpc) is 2.64. The number of aromatic amines is 1. The lowest BCUT2D eigenvalue weighted by molar-refractivity contribution is -0.161. The summed E-state index contributed by atoms with van der Waals surface area (Å²) in [5.41, 5.74) is -1.72. The molecule has 0 unspecified atom stereocenters. The highest BCUT2D eigenvalue weighted by molar-refractivity contribution is 5.92. The van der Waals surface area contributed by atoms with E-state index >= 15 is 0 Å². The van der Waals surface area contributed by atoms with Crippen LogP contribution in [0, 0.1) is 5.41 Å². The van der Waals surface area contributed by atoms with E-state index in [0.717, 1.165) is 5.56 Å². The predicted octanol–water partition coefficient (Wildman–Crippen LogP) is 0.290. The van der Waals surface area contributed by atoms with Crippen LogP contribution in [-0.4, -0.2) is 56.2 Å². The number of nitrogens with zero attached hydrogens (tertiary/aromatic N) is 2. The number of aliphatic carboxylic acids is 1. The van der Waals surface area contributed by atoms with Gasteiger partial charge in [0.25, 0.3) is 11.5 Å². The van der Waals surface area contributed by atoms with Crippen LogP contribution < -0.4 is 5.56 Å². The van der Waals surface area contributed by atoms with E-state index in [9.17, 15) is 24.6 Å². The zero-order chi connectivity index (χ0) is 18.7. The lowest BCUT2D eigenvalue weighted by Crippen LogP contribution is -2.58. The van der Waals surface area contributed by atoms with Crippen LogP contribution in [0.2, 0.25) is 0 Å².